The number of esters is 2. The van der Waals surface area contributed by atoms with Gasteiger partial charge < -0.3 is 14.8 Å². The smallest absolute Gasteiger partial charge is 0.338 e. The van der Waals surface area contributed by atoms with Crippen LogP contribution in [0.2, 0.25) is 0 Å². The lowest BCUT2D eigenvalue weighted by atomic mass is 9.92. The fourth-order valence-electron chi connectivity index (χ4n) is 4.36. The summed E-state index contributed by atoms with van der Waals surface area (Å²) in [6, 6.07) is 6.87. The topological polar surface area (TPSA) is 88.2 Å². The Labute approximate surface area is 189 Å². The molecule has 8 heteroatoms. The van der Waals surface area contributed by atoms with Gasteiger partial charge in [-0.15, -0.1) is 0 Å². The average Bonchev–Trinajstić information content (AvgIpc) is 2.77. The van der Waals surface area contributed by atoms with Crippen LogP contribution < -0.4 is 5.32 Å². The van der Waals surface area contributed by atoms with Crippen molar-refractivity contribution in [3.63, 3.8) is 0 Å². The predicted molar refractivity (Wildman–Crippen MR) is 120 cm³/mol. The van der Waals surface area contributed by atoms with Crippen LogP contribution in [0.5, 0.6) is 0 Å². The van der Waals surface area contributed by atoms with Gasteiger partial charge in [0.25, 0.3) is 0 Å². The molecule has 2 heterocycles. The first-order valence-corrected chi connectivity index (χ1v) is 11.3. The molecule has 0 saturated carbocycles. The summed E-state index contributed by atoms with van der Waals surface area (Å²) in [7, 11) is 1.66. The molecule has 3 rings (SSSR count). The Morgan fingerprint density at radius 1 is 1.19 bits per heavy atom. The number of ether oxygens (including phenoxy) is 2. The maximum absolute atomic E-state index is 13.1. The summed E-state index contributed by atoms with van der Waals surface area (Å²) in [5.74, 6) is -0.838. The van der Waals surface area contributed by atoms with Gasteiger partial charge in [0.1, 0.15) is 0 Å². The number of nitrogens with one attached hydrogen (secondary N) is 1. The molecular weight excluding hydrogens is 410 g/mol. The van der Waals surface area contributed by atoms with E-state index in [0.717, 1.165) is 30.5 Å². The van der Waals surface area contributed by atoms with Crippen molar-refractivity contribution in [3.8, 4) is 0 Å². The monoisotopic (exact) mass is 443 g/mol. The van der Waals surface area contributed by atoms with Crippen LogP contribution in [0.1, 0.15) is 43.9 Å². The molecule has 2 aliphatic heterocycles. The zero-order valence-corrected chi connectivity index (χ0v) is 19.3. The highest BCUT2D eigenvalue weighted by molar-refractivity contribution is 5.95. The Morgan fingerprint density at radius 2 is 1.94 bits per heavy atom. The number of aryl methyl sites for hydroxylation is 1. The fourth-order valence-corrected chi connectivity index (χ4v) is 4.36. The lowest BCUT2D eigenvalue weighted by molar-refractivity contribution is -0.150. The predicted octanol–water partition coefficient (Wildman–Crippen LogP) is 2.78. The molecule has 174 valence electrons. The third-order valence-corrected chi connectivity index (χ3v) is 5.95. The molecule has 8 nitrogen and oxygen atoms in total. The molecule has 2 atom stereocenters. The van der Waals surface area contributed by atoms with Gasteiger partial charge in [0, 0.05) is 25.8 Å². The number of likely N-dealkylation sites (N-methyl/N-ethyl adjacent to an activating group) is 1. The summed E-state index contributed by atoms with van der Waals surface area (Å²) in [6.07, 6.45) is 1.63. The van der Waals surface area contributed by atoms with Crippen molar-refractivity contribution in [1.82, 2.24) is 15.1 Å². The number of nitrogens with zero attached hydrogens (tertiary/aromatic N) is 2. The molecule has 0 aliphatic carbocycles. The van der Waals surface area contributed by atoms with E-state index in [1.807, 2.05) is 31.2 Å². The number of carbonyl (C=O) groups excluding carboxylic acids is 3. The molecule has 0 bridgehead atoms. The summed E-state index contributed by atoms with van der Waals surface area (Å²) < 4.78 is 10.6. The summed E-state index contributed by atoms with van der Waals surface area (Å²) in [5.41, 5.74) is 2.89. The van der Waals surface area contributed by atoms with Gasteiger partial charge in [-0.3, -0.25) is 14.6 Å². The summed E-state index contributed by atoms with van der Waals surface area (Å²) in [6.45, 7) is 7.81. The molecule has 0 aromatic heterocycles. The number of likely N-dealkylation sites (tertiary alicyclic amines) is 1. The Morgan fingerprint density at radius 3 is 2.62 bits per heavy atom. The van der Waals surface area contributed by atoms with E-state index < -0.39 is 12.0 Å². The minimum atomic E-state index is -0.599. The van der Waals surface area contributed by atoms with Crippen LogP contribution in [-0.2, 0) is 19.1 Å². The zero-order chi connectivity index (χ0) is 23.3. The second kappa shape index (κ2) is 10.6. The number of amides is 2. The van der Waals surface area contributed by atoms with Crippen molar-refractivity contribution >= 4 is 18.0 Å². The van der Waals surface area contributed by atoms with Crippen molar-refractivity contribution in [2.75, 3.05) is 39.9 Å². The maximum atomic E-state index is 13.1. The van der Waals surface area contributed by atoms with Gasteiger partial charge >= 0.3 is 18.0 Å². The second-order valence-electron chi connectivity index (χ2n) is 8.26. The van der Waals surface area contributed by atoms with E-state index in [0.29, 0.717) is 31.0 Å². The highest BCUT2D eigenvalue weighted by Crippen LogP contribution is 2.32. The molecule has 1 aromatic rings. The second-order valence-corrected chi connectivity index (χ2v) is 8.26. The van der Waals surface area contributed by atoms with E-state index >= 15 is 0 Å². The molecule has 0 spiro atoms. The minimum absolute atomic E-state index is 0.191. The number of hydrogen-bond acceptors (Lipinski definition) is 6. The van der Waals surface area contributed by atoms with Crippen molar-refractivity contribution in [3.05, 3.63) is 46.7 Å². The lowest BCUT2D eigenvalue weighted by Crippen LogP contribution is -2.50. The van der Waals surface area contributed by atoms with Crippen LogP contribution in [0.4, 0.5) is 4.79 Å². The van der Waals surface area contributed by atoms with Crippen molar-refractivity contribution < 1.29 is 23.9 Å². The average molecular weight is 444 g/mol. The number of rotatable bonds is 7. The summed E-state index contributed by atoms with van der Waals surface area (Å²) >= 11 is 0. The quantitative estimate of drug-likeness (QED) is 0.652. The minimum Gasteiger partial charge on any atom is -0.466 e. The van der Waals surface area contributed by atoms with E-state index in [4.69, 9.17) is 9.47 Å². The largest absolute Gasteiger partial charge is 0.466 e. The Balaban J connectivity index is 1.97. The van der Waals surface area contributed by atoms with Gasteiger partial charge in [0.05, 0.1) is 30.7 Å². The third kappa shape index (κ3) is 5.30. The van der Waals surface area contributed by atoms with Crippen molar-refractivity contribution in [2.24, 2.45) is 5.92 Å². The zero-order valence-electron chi connectivity index (χ0n) is 19.3. The Kier molecular flexibility index (Phi) is 7.90. The van der Waals surface area contributed by atoms with E-state index in [-0.39, 0.29) is 24.5 Å². The molecule has 32 heavy (non-hydrogen) atoms. The number of urea groups is 1. The van der Waals surface area contributed by atoms with Gasteiger partial charge in [-0.1, -0.05) is 29.8 Å². The summed E-state index contributed by atoms with van der Waals surface area (Å²) in [5, 5.41) is 2.95. The third-order valence-electron chi connectivity index (χ3n) is 5.95. The molecule has 1 N–H and O–H groups in total. The molecular formula is C24H33N3O5. The van der Waals surface area contributed by atoms with E-state index in [9.17, 15) is 14.4 Å². The molecule has 1 saturated heterocycles. The maximum Gasteiger partial charge on any atom is 0.338 e. The molecule has 1 fully saturated rings. The van der Waals surface area contributed by atoms with Crippen LogP contribution in [0.3, 0.4) is 0 Å². The highest BCUT2D eigenvalue weighted by Gasteiger charge is 2.38. The molecule has 2 aliphatic rings. The van der Waals surface area contributed by atoms with Crippen LogP contribution >= 0.6 is 0 Å². The van der Waals surface area contributed by atoms with Gasteiger partial charge in [-0.25, -0.2) is 9.59 Å². The lowest BCUT2D eigenvalue weighted by Gasteiger charge is -2.38. The van der Waals surface area contributed by atoms with Gasteiger partial charge in [0.2, 0.25) is 0 Å². The molecule has 0 unspecified atom stereocenters. The fraction of sp³-hybridized carbons (Fsp3) is 0.542. The van der Waals surface area contributed by atoms with Crippen LogP contribution in [0.25, 0.3) is 0 Å². The molecule has 1 aromatic carbocycles. The SMILES string of the molecule is CCOC(=O)C1=C(CN2CCC[C@@H](C(=O)OCC)C2)N(C)C(=O)N[C@@H]1c1cccc(C)c1. The van der Waals surface area contributed by atoms with Crippen LogP contribution in [-0.4, -0.2) is 67.7 Å². The Hall–Kier alpha value is -2.87. The van der Waals surface area contributed by atoms with Crippen LogP contribution in [0, 0.1) is 12.8 Å². The summed E-state index contributed by atoms with van der Waals surface area (Å²) in [4.78, 5) is 41.8. The van der Waals surface area contributed by atoms with Gasteiger partial charge in [-0.05, 0) is 45.7 Å². The number of hydrogen-bond donors (Lipinski definition) is 1. The van der Waals surface area contributed by atoms with E-state index in [1.54, 1.807) is 20.9 Å². The van der Waals surface area contributed by atoms with E-state index in [1.165, 1.54) is 4.90 Å². The molecule has 2 amide bonds. The highest BCUT2D eigenvalue weighted by atomic mass is 16.5. The standard InChI is InChI=1S/C24H33N3O5/c1-5-31-22(28)18-11-8-12-27(14-18)15-19-20(23(29)32-6-2)21(25-24(30)26(19)4)17-10-7-9-16(3)13-17/h7,9-10,13,18,21H,5-6,8,11-12,14-15H2,1-4H3,(H,25,30)/t18-,21-/m1/s1. The number of carbonyl (C=O) groups is 3. The normalized spacial score (nSPS) is 21.9. The van der Waals surface area contributed by atoms with E-state index in [2.05, 4.69) is 10.2 Å². The first kappa shape index (κ1) is 23.8. The van der Waals surface area contributed by atoms with Crippen molar-refractivity contribution in [2.45, 2.75) is 39.7 Å². The molecule has 0 radical (unpaired) electrons. The van der Waals surface area contributed by atoms with Crippen LogP contribution in [0.15, 0.2) is 35.5 Å². The van der Waals surface area contributed by atoms with Crippen molar-refractivity contribution in [1.29, 1.82) is 0 Å². The Bertz CT molecular complexity index is 897. The number of piperidine rings is 1. The van der Waals surface area contributed by atoms with Gasteiger partial charge in [0.15, 0.2) is 0 Å². The first-order chi connectivity index (χ1) is 15.3. The van der Waals surface area contributed by atoms with Gasteiger partial charge in [-0.2, -0.15) is 0 Å². The first-order valence-electron chi connectivity index (χ1n) is 11.3. The number of benzene rings is 1.